The first kappa shape index (κ1) is 19.9. The number of aromatic nitrogens is 2. The summed E-state index contributed by atoms with van der Waals surface area (Å²) < 4.78 is 12.8. The number of benzene rings is 2. The highest BCUT2D eigenvalue weighted by atomic mass is 35.5. The molecule has 0 aliphatic rings. The van der Waals surface area contributed by atoms with Gasteiger partial charge in [0.05, 0.1) is 30.3 Å². The lowest BCUT2D eigenvalue weighted by Gasteiger charge is -2.12. The highest BCUT2D eigenvalue weighted by molar-refractivity contribution is 7.99. The van der Waals surface area contributed by atoms with Crippen LogP contribution in [-0.2, 0) is 6.54 Å². The number of fused-ring (bicyclic) bond motifs is 1. The fourth-order valence-corrected chi connectivity index (χ4v) is 3.99. The van der Waals surface area contributed by atoms with E-state index < -0.39 is 0 Å². The van der Waals surface area contributed by atoms with Crippen LogP contribution in [0.3, 0.4) is 0 Å². The van der Waals surface area contributed by atoms with Crippen molar-refractivity contribution >= 4 is 45.9 Å². The van der Waals surface area contributed by atoms with Gasteiger partial charge < -0.3 is 9.15 Å². The quantitative estimate of drug-likeness (QED) is 0.212. The molecule has 0 bridgehead atoms. The largest absolute Gasteiger partial charge is 0.493 e. The first-order chi connectivity index (χ1) is 14.1. The Kier molecular flexibility index (Phi) is 6.13. The highest BCUT2D eigenvalue weighted by Crippen LogP contribution is 2.22. The number of nitrogens with zero attached hydrogens (tertiary/aromatic N) is 2. The fraction of sp³-hybridized carbons (Fsp3) is 0.143. The molecule has 2 aromatic heterocycles. The third-order valence-corrected chi connectivity index (χ3v) is 5.57. The molecule has 0 saturated carbocycles. The fourth-order valence-electron chi connectivity index (χ4n) is 2.83. The lowest BCUT2D eigenvalue weighted by atomic mass is 10.2. The molecule has 0 radical (unpaired) electrons. The van der Waals surface area contributed by atoms with Crippen LogP contribution in [0.15, 0.2) is 75.2 Å². The molecule has 0 fully saturated rings. The SMILES string of the molecule is O=c1c2ccc(Cl)cc2nc(SCCOc2cccc(Cl)c2)n1Cc1ccco1. The zero-order valence-corrected chi connectivity index (χ0v) is 17.5. The molecule has 0 aliphatic carbocycles. The van der Waals surface area contributed by atoms with E-state index in [2.05, 4.69) is 4.98 Å². The molecule has 5 nitrogen and oxygen atoms in total. The van der Waals surface area contributed by atoms with Crippen molar-refractivity contribution in [1.29, 1.82) is 0 Å². The molecule has 0 atom stereocenters. The summed E-state index contributed by atoms with van der Waals surface area (Å²) in [4.78, 5) is 17.7. The second kappa shape index (κ2) is 8.95. The maximum Gasteiger partial charge on any atom is 0.262 e. The minimum absolute atomic E-state index is 0.138. The molecule has 2 heterocycles. The van der Waals surface area contributed by atoms with Crippen LogP contribution >= 0.6 is 35.0 Å². The van der Waals surface area contributed by atoms with Gasteiger partial charge in [-0.05, 0) is 48.5 Å². The maximum absolute atomic E-state index is 13.1. The van der Waals surface area contributed by atoms with Gasteiger partial charge in [-0.1, -0.05) is 41.0 Å². The van der Waals surface area contributed by atoms with Crippen LogP contribution in [0.4, 0.5) is 0 Å². The summed E-state index contributed by atoms with van der Waals surface area (Å²) in [7, 11) is 0. The predicted octanol–water partition coefficient (Wildman–Crippen LogP) is 5.52. The molecule has 29 heavy (non-hydrogen) atoms. The smallest absolute Gasteiger partial charge is 0.262 e. The van der Waals surface area contributed by atoms with Crippen molar-refractivity contribution in [3.05, 3.63) is 87.0 Å². The van der Waals surface area contributed by atoms with Gasteiger partial charge in [0.1, 0.15) is 11.5 Å². The molecule has 4 rings (SSSR count). The number of hydrogen-bond donors (Lipinski definition) is 0. The van der Waals surface area contributed by atoms with Crippen molar-refractivity contribution in [2.24, 2.45) is 0 Å². The van der Waals surface area contributed by atoms with Crippen LogP contribution in [0.25, 0.3) is 10.9 Å². The number of halogens is 2. The Hall–Kier alpha value is -2.41. The minimum atomic E-state index is -0.138. The van der Waals surface area contributed by atoms with E-state index >= 15 is 0 Å². The van der Waals surface area contributed by atoms with E-state index in [1.165, 1.54) is 11.8 Å². The second-order valence-corrected chi connectivity index (χ2v) is 8.12. The van der Waals surface area contributed by atoms with Gasteiger partial charge >= 0.3 is 0 Å². The van der Waals surface area contributed by atoms with E-state index in [0.29, 0.717) is 56.5 Å². The van der Waals surface area contributed by atoms with Crippen LogP contribution < -0.4 is 10.3 Å². The van der Waals surface area contributed by atoms with Crippen molar-refractivity contribution in [3.8, 4) is 5.75 Å². The molecular formula is C21H16Cl2N2O3S. The second-order valence-electron chi connectivity index (χ2n) is 6.18. The Morgan fingerprint density at radius 1 is 1.07 bits per heavy atom. The summed E-state index contributed by atoms with van der Waals surface area (Å²) in [5.41, 5.74) is 0.429. The summed E-state index contributed by atoms with van der Waals surface area (Å²) in [6.45, 7) is 0.740. The number of ether oxygens (including phenoxy) is 1. The van der Waals surface area contributed by atoms with Gasteiger partial charge in [0.15, 0.2) is 5.16 Å². The Labute approximate surface area is 181 Å². The standard InChI is InChI=1S/C21H16Cl2N2O3S/c22-14-3-1-4-16(11-14)28-9-10-29-21-24-19-12-15(23)6-7-18(19)20(26)25(21)13-17-5-2-8-27-17/h1-8,11-12H,9-10,13H2. The molecule has 8 heteroatoms. The highest BCUT2D eigenvalue weighted by Gasteiger charge is 2.13. The average molecular weight is 447 g/mol. The first-order valence-electron chi connectivity index (χ1n) is 8.84. The van der Waals surface area contributed by atoms with Crippen molar-refractivity contribution in [2.75, 3.05) is 12.4 Å². The normalized spacial score (nSPS) is 11.1. The van der Waals surface area contributed by atoms with Gasteiger partial charge in [-0.2, -0.15) is 0 Å². The minimum Gasteiger partial charge on any atom is -0.493 e. The number of rotatable bonds is 7. The number of hydrogen-bond acceptors (Lipinski definition) is 5. The third kappa shape index (κ3) is 4.78. The Balaban J connectivity index is 1.58. The van der Waals surface area contributed by atoms with E-state index in [4.69, 9.17) is 32.4 Å². The Morgan fingerprint density at radius 2 is 1.93 bits per heavy atom. The summed E-state index contributed by atoms with van der Waals surface area (Å²) in [6, 6.07) is 15.9. The molecule has 0 spiro atoms. The predicted molar refractivity (Wildman–Crippen MR) is 116 cm³/mol. The Morgan fingerprint density at radius 3 is 2.72 bits per heavy atom. The average Bonchev–Trinajstić information content (AvgIpc) is 3.21. The lowest BCUT2D eigenvalue weighted by molar-refractivity contribution is 0.344. The van der Waals surface area contributed by atoms with Gasteiger partial charge in [-0.25, -0.2) is 4.98 Å². The Bertz CT molecular complexity index is 1190. The first-order valence-corrected chi connectivity index (χ1v) is 10.6. The van der Waals surface area contributed by atoms with E-state index in [9.17, 15) is 4.79 Å². The van der Waals surface area contributed by atoms with Gasteiger partial charge in [0.25, 0.3) is 5.56 Å². The molecule has 4 aromatic rings. The van der Waals surface area contributed by atoms with Crippen LogP contribution in [0.2, 0.25) is 10.0 Å². The third-order valence-electron chi connectivity index (χ3n) is 4.16. The molecule has 0 N–H and O–H groups in total. The number of thioether (sulfide) groups is 1. The maximum atomic E-state index is 13.1. The molecule has 0 saturated heterocycles. The van der Waals surface area contributed by atoms with Crippen LogP contribution in [0.1, 0.15) is 5.76 Å². The molecule has 0 unspecified atom stereocenters. The van der Waals surface area contributed by atoms with Gasteiger partial charge in [-0.3, -0.25) is 9.36 Å². The van der Waals surface area contributed by atoms with Crippen LogP contribution in [-0.4, -0.2) is 21.9 Å². The monoisotopic (exact) mass is 446 g/mol. The van der Waals surface area contributed by atoms with Crippen LogP contribution in [0, 0.1) is 0 Å². The van der Waals surface area contributed by atoms with E-state index in [-0.39, 0.29) is 5.56 Å². The topological polar surface area (TPSA) is 57.3 Å². The summed E-state index contributed by atoms with van der Waals surface area (Å²) in [5.74, 6) is 1.98. The summed E-state index contributed by atoms with van der Waals surface area (Å²) in [5, 5.41) is 2.25. The molecule has 2 aromatic carbocycles. The number of furan rings is 1. The summed E-state index contributed by atoms with van der Waals surface area (Å²) in [6.07, 6.45) is 1.58. The molecular weight excluding hydrogens is 431 g/mol. The van der Waals surface area contributed by atoms with Crippen molar-refractivity contribution < 1.29 is 9.15 Å². The van der Waals surface area contributed by atoms with Gasteiger partial charge in [-0.15, -0.1) is 0 Å². The van der Waals surface area contributed by atoms with Gasteiger partial charge in [0, 0.05) is 15.8 Å². The van der Waals surface area contributed by atoms with E-state index in [1.54, 1.807) is 47.2 Å². The molecule has 0 aliphatic heterocycles. The zero-order chi connectivity index (χ0) is 20.2. The van der Waals surface area contributed by atoms with Crippen molar-refractivity contribution in [1.82, 2.24) is 9.55 Å². The van der Waals surface area contributed by atoms with Crippen molar-refractivity contribution in [2.45, 2.75) is 11.7 Å². The van der Waals surface area contributed by atoms with E-state index in [1.807, 2.05) is 18.2 Å². The lowest BCUT2D eigenvalue weighted by Crippen LogP contribution is -2.24. The summed E-state index contributed by atoms with van der Waals surface area (Å²) >= 11 is 13.5. The molecule has 148 valence electrons. The molecule has 0 amide bonds. The van der Waals surface area contributed by atoms with Crippen molar-refractivity contribution in [3.63, 3.8) is 0 Å². The van der Waals surface area contributed by atoms with Crippen LogP contribution in [0.5, 0.6) is 5.75 Å². The van der Waals surface area contributed by atoms with Gasteiger partial charge in [0.2, 0.25) is 0 Å². The van der Waals surface area contributed by atoms with E-state index in [0.717, 1.165) is 0 Å². The zero-order valence-electron chi connectivity index (χ0n) is 15.2.